The molecular weight excluding hydrogens is 172 g/mol. The molecule has 1 N–H and O–H groups in total. The third-order valence-corrected chi connectivity index (χ3v) is 4.48. The highest BCUT2D eigenvalue weighted by Gasteiger charge is 2.40. The number of fused-ring (bicyclic) bond motifs is 1. The molecule has 0 aromatic carbocycles. The minimum Gasteiger partial charge on any atom is -0.315 e. The van der Waals surface area contributed by atoms with Crippen molar-refractivity contribution in [3.8, 4) is 0 Å². The van der Waals surface area contributed by atoms with Gasteiger partial charge < -0.3 is 5.32 Å². The zero-order chi connectivity index (χ0) is 10.1. The molecule has 4 atom stereocenters. The minimum absolute atomic E-state index is 0.773. The molecule has 0 radical (unpaired) electrons. The lowest BCUT2D eigenvalue weighted by atomic mass is 9.98. The van der Waals surface area contributed by atoms with Gasteiger partial charge in [0.25, 0.3) is 0 Å². The predicted molar refractivity (Wildman–Crippen MR) is 60.4 cm³/mol. The summed E-state index contributed by atoms with van der Waals surface area (Å²) in [6, 6.07) is 1.62. The van der Waals surface area contributed by atoms with E-state index in [1.54, 1.807) is 0 Å². The van der Waals surface area contributed by atoms with Crippen LogP contribution in [0.5, 0.6) is 0 Å². The third-order valence-electron chi connectivity index (χ3n) is 4.48. The molecule has 0 spiro atoms. The van der Waals surface area contributed by atoms with Gasteiger partial charge in [0.15, 0.2) is 0 Å². The Bertz CT molecular complexity index is 193. The van der Waals surface area contributed by atoms with Crippen molar-refractivity contribution < 1.29 is 0 Å². The van der Waals surface area contributed by atoms with Gasteiger partial charge in [0, 0.05) is 18.6 Å². The van der Waals surface area contributed by atoms with Crippen LogP contribution in [0.4, 0.5) is 0 Å². The quantitative estimate of drug-likeness (QED) is 0.739. The average Bonchev–Trinajstić information content (AvgIpc) is 2.76. The topological polar surface area (TPSA) is 15.3 Å². The van der Waals surface area contributed by atoms with Crippen LogP contribution in [0.1, 0.15) is 33.6 Å². The summed E-state index contributed by atoms with van der Waals surface area (Å²) < 4.78 is 0. The molecule has 82 valence electrons. The number of hydrogen-bond acceptors (Lipinski definition) is 2. The van der Waals surface area contributed by atoms with Crippen molar-refractivity contribution in [1.82, 2.24) is 10.2 Å². The van der Waals surface area contributed by atoms with Gasteiger partial charge in [-0.1, -0.05) is 20.3 Å². The summed E-state index contributed by atoms with van der Waals surface area (Å²) in [4.78, 5) is 2.75. The maximum absolute atomic E-state index is 3.52. The monoisotopic (exact) mass is 196 g/mol. The zero-order valence-corrected chi connectivity index (χ0v) is 9.79. The van der Waals surface area contributed by atoms with Crippen molar-refractivity contribution in [2.75, 3.05) is 19.6 Å². The Balaban J connectivity index is 1.97. The van der Waals surface area contributed by atoms with E-state index in [1.807, 2.05) is 0 Å². The SMILES string of the molecule is CCC(C)C(C)N1CC[C@@H]2CNC[C@@H]21. The molecule has 0 aromatic heterocycles. The first-order valence-electron chi connectivity index (χ1n) is 6.20. The highest BCUT2D eigenvalue weighted by molar-refractivity contribution is 4.96. The smallest absolute Gasteiger partial charge is 0.0264 e. The summed E-state index contributed by atoms with van der Waals surface area (Å²) in [7, 11) is 0. The van der Waals surface area contributed by atoms with Crippen molar-refractivity contribution in [1.29, 1.82) is 0 Å². The molecule has 0 aromatic rings. The second kappa shape index (κ2) is 4.19. The molecular formula is C12H24N2. The molecule has 2 heterocycles. The second-order valence-electron chi connectivity index (χ2n) is 5.14. The molecule has 0 saturated carbocycles. The van der Waals surface area contributed by atoms with E-state index in [-0.39, 0.29) is 0 Å². The first-order chi connectivity index (χ1) is 6.74. The number of nitrogens with zero attached hydrogens (tertiary/aromatic N) is 1. The summed E-state index contributed by atoms with van der Waals surface area (Å²) in [5.41, 5.74) is 0. The molecule has 2 heteroatoms. The van der Waals surface area contributed by atoms with Gasteiger partial charge in [-0.2, -0.15) is 0 Å². The fourth-order valence-electron chi connectivity index (χ4n) is 3.06. The maximum Gasteiger partial charge on any atom is 0.0264 e. The molecule has 2 nitrogen and oxygen atoms in total. The molecule has 0 amide bonds. The Morgan fingerprint density at radius 3 is 2.86 bits per heavy atom. The van der Waals surface area contributed by atoms with Gasteiger partial charge in [-0.25, -0.2) is 0 Å². The largest absolute Gasteiger partial charge is 0.315 e. The molecule has 2 aliphatic heterocycles. The molecule has 14 heavy (non-hydrogen) atoms. The van der Waals surface area contributed by atoms with Crippen molar-refractivity contribution in [3.63, 3.8) is 0 Å². The Kier molecular flexibility index (Phi) is 3.13. The van der Waals surface area contributed by atoms with Crippen LogP contribution in [0.25, 0.3) is 0 Å². The van der Waals surface area contributed by atoms with Gasteiger partial charge in [-0.3, -0.25) is 4.90 Å². The molecule has 0 bridgehead atoms. The predicted octanol–water partition coefficient (Wildman–Crippen LogP) is 1.71. The van der Waals surface area contributed by atoms with E-state index in [0.717, 1.165) is 23.9 Å². The molecule has 2 saturated heterocycles. The van der Waals surface area contributed by atoms with E-state index in [0.29, 0.717) is 0 Å². The van der Waals surface area contributed by atoms with E-state index >= 15 is 0 Å². The first-order valence-corrected chi connectivity index (χ1v) is 6.20. The fourth-order valence-corrected chi connectivity index (χ4v) is 3.06. The fraction of sp³-hybridized carbons (Fsp3) is 1.00. The number of nitrogens with one attached hydrogen (secondary N) is 1. The van der Waals surface area contributed by atoms with Gasteiger partial charge in [-0.05, 0) is 38.3 Å². The van der Waals surface area contributed by atoms with Crippen molar-refractivity contribution >= 4 is 0 Å². The lowest BCUT2D eigenvalue weighted by Crippen LogP contribution is -2.43. The van der Waals surface area contributed by atoms with Crippen LogP contribution in [0.15, 0.2) is 0 Å². The van der Waals surface area contributed by atoms with Crippen molar-refractivity contribution in [2.45, 2.75) is 45.7 Å². The van der Waals surface area contributed by atoms with E-state index < -0.39 is 0 Å². The zero-order valence-electron chi connectivity index (χ0n) is 9.79. The molecule has 2 rings (SSSR count). The Hall–Kier alpha value is -0.0800. The second-order valence-corrected chi connectivity index (χ2v) is 5.14. The van der Waals surface area contributed by atoms with Crippen LogP contribution in [-0.2, 0) is 0 Å². The van der Waals surface area contributed by atoms with E-state index in [1.165, 1.54) is 32.5 Å². The maximum atomic E-state index is 3.52. The summed E-state index contributed by atoms with van der Waals surface area (Å²) in [5, 5.41) is 3.52. The Morgan fingerprint density at radius 1 is 1.36 bits per heavy atom. The van der Waals surface area contributed by atoms with Crippen LogP contribution < -0.4 is 5.32 Å². The lowest BCUT2D eigenvalue weighted by molar-refractivity contribution is 0.144. The van der Waals surface area contributed by atoms with Crippen molar-refractivity contribution in [2.24, 2.45) is 11.8 Å². The Morgan fingerprint density at radius 2 is 2.14 bits per heavy atom. The van der Waals surface area contributed by atoms with Crippen LogP contribution in [0, 0.1) is 11.8 Å². The van der Waals surface area contributed by atoms with Crippen LogP contribution in [-0.4, -0.2) is 36.6 Å². The van der Waals surface area contributed by atoms with Gasteiger partial charge in [-0.15, -0.1) is 0 Å². The van der Waals surface area contributed by atoms with Crippen molar-refractivity contribution in [3.05, 3.63) is 0 Å². The number of hydrogen-bond donors (Lipinski definition) is 1. The van der Waals surface area contributed by atoms with Gasteiger partial charge in [0.1, 0.15) is 0 Å². The molecule has 2 aliphatic rings. The van der Waals surface area contributed by atoms with Crippen LogP contribution in [0.3, 0.4) is 0 Å². The Labute approximate surface area is 88.1 Å². The summed E-state index contributed by atoms with van der Waals surface area (Å²) >= 11 is 0. The normalized spacial score (nSPS) is 37.1. The lowest BCUT2D eigenvalue weighted by Gasteiger charge is -2.33. The highest BCUT2D eigenvalue weighted by atomic mass is 15.2. The van der Waals surface area contributed by atoms with E-state index in [4.69, 9.17) is 0 Å². The highest BCUT2D eigenvalue weighted by Crippen LogP contribution is 2.31. The average molecular weight is 196 g/mol. The summed E-state index contributed by atoms with van der Waals surface area (Å²) in [5.74, 6) is 1.79. The van der Waals surface area contributed by atoms with Gasteiger partial charge >= 0.3 is 0 Å². The van der Waals surface area contributed by atoms with E-state index in [9.17, 15) is 0 Å². The molecule has 2 unspecified atom stereocenters. The van der Waals surface area contributed by atoms with Gasteiger partial charge in [0.05, 0.1) is 0 Å². The minimum atomic E-state index is 0.773. The standard InChI is InChI=1S/C12H24N2/c1-4-9(2)10(3)14-6-5-11-7-13-8-12(11)14/h9-13H,4-8H2,1-3H3/t9?,10?,11-,12+/m1/s1. The molecule has 0 aliphatic carbocycles. The summed E-state index contributed by atoms with van der Waals surface area (Å²) in [6.07, 6.45) is 2.72. The number of rotatable bonds is 3. The van der Waals surface area contributed by atoms with Crippen LogP contribution in [0.2, 0.25) is 0 Å². The number of likely N-dealkylation sites (tertiary alicyclic amines) is 1. The molecule has 2 fully saturated rings. The summed E-state index contributed by atoms with van der Waals surface area (Å²) in [6.45, 7) is 10.9. The van der Waals surface area contributed by atoms with E-state index in [2.05, 4.69) is 31.0 Å². The third kappa shape index (κ3) is 1.70. The van der Waals surface area contributed by atoms with Gasteiger partial charge in [0.2, 0.25) is 0 Å². The van der Waals surface area contributed by atoms with Crippen LogP contribution >= 0.6 is 0 Å². The first kappa shape index (κ1) is 10.4.